The number of aryl methyl sites for hydroxylation is 1. The van der Waals surface area contributed by atoms with Crippen LogP contribution >= 0.6 is 0 Å². The first kappa shape index (κ1) is 24.3. The number of aromatic nitrogens is 3. The predicted octanol–water partition coefficient (Wildman–Crippen LogP) is 4.78. The zero-order chi connectivity index (χ0) is 25.8. The number of fused-ring (bicyclic) bond motifs is 4. The predicted molar refractivity (Wildman–Crippen MR) is 133 cm³/mol. The standard InChI is InChI=1S/C27H28F3N5O/c1-5-19-23-21(15-35(25(19)36)26-9-12-34(13-10-26)14-11-26)24(33-18(4)32-23)31-17(3)20-7-6-8-22(16(20)2)27(28,29)30/h1,6-8,15,17H,9-14H2,2-4H3,(H,31,32,33)/t17-/m1/s1. The second-order valence-electron chi connectivity index (χ2n) is 9.90. The van der Waals surface area contributed by atoms with E-state index in [4.69, 9.17) is 6.42 Å². The van der Waals surface area contributed by atoms with Crippen molar-refractivity contribution in [3.05, 3.63) is 62.8 Å². The van der Waals surface area contributed by atoms with E-state index in [9.17, 15) is 18.0 Å². The number of terminal acetylenes is 1. The molecule has 36 heavy (non-hydrogen) atoms. The number of hydrogen-bond acceptors (Lipinski definition) is 5. The van der Waals surface area contributed by atoms with Crippen LogP contribution in [-0.4, -0.2) is 39.1 Å². The first-order valence-corrected chi connectivity index (χ1v) is 12.1. The lowest BCUT2D eigenvalue weighted by Gasteiger charge is -2.49. The van der Waals surface area contributed by atoms with Crippen molar-refractivity contribution in [1.82, 2.24) is 19.4 Å². The molecule has 2 bridgehead atoms. The molecule has 3 saturated heterocycles. The van der Waals surface area contributed by atoms with Gasteiger partial charge in [0.2, 0.25) is 0 Å². The summed E-state index contributed by atoms with van der Waals surface area (Å²) in [6, 6.07) is 3.68. The summed E-state index contributed by atoms with van der Waals surface area (Å²) in [7, 11) is 0. The average Bonchev–Trinajstić information content (AvgIpc) is 2.84. The fourth-order valence-electron chi connectivity index (χ4n) is 5.78. The minimum Gasteiger partial charge on any atom is -0.363 e. The fourth-order valence-corrected chi connectivity index (χ4v) is 5.78. The van der Waals surface area contributed by atoms with E-state index < -0.39 is 17.8 Å². The number of nitrogens with one attached hydrogen (secondary N) is 1. The molecule has 0 spiro atoms. The van der Waals surface area contributed by atoms with Crippen LogP contribution in [0.4, 0.5) is 19.0 Å². The number of pyridine rings is 1. The second kappa shape index (κ2) is 8.63. The number of alkyl halides is 3. The molecular weight excluding hydrogens is 467 g/mol. The maximum atomic E-state index is 13.6. The Morgan fingerprint density at radius 2 is 1.81 bits per heavy atom. The summed E-state index contributed by atoms with van der Waals surface area (Å²) < 4.78 is 42.3. The number of anilines is 1. The minimum atomic E-state index is -4.44. The summed E-state index contributed by atoms with van der Waals surface area (Å²) in [6.45, 7) is 7.75. The highest BCUT2D eigenvalue weighted by Crippen LogP contribution is 2.39. The first-order chi connectivity index (χ1) is 17.0. The molecule has 1 N–H and O–H groups in total. The quantitative estimate of drug-likeness (QED) is 0.528. The molecule has 5 heterocycles. The van der Waals surface area contributed by atoms with Crippen molar-refractivity contribution in [2.24, 2.45) is 0 Å². The molecule has 1 atom stereocenters. The largest absolute Gasteiger partial charge is 0.416 e. The number of benzene rings is 1. The van der Waals surface area contributed by atoms with Gasteiger partial charge in [0.25, 0.3) is 5.56 Å². The topological polar surface area (TPSA) is 63.1 Å². The number of nitrogens with zero attached hydrogens (tertiary/aromatic N) is 4. The maximum absolute atomic E-state index is 13.6. The van der Waals surface area contributed by atoms with Crippen LogP contribution < -0.4 is 10.9 Å². The highest BCUT2D eigenvalue weighted by Gasteiger charge is 2.42. The van der Waals surface area contributed by atoms with Crippen molar-refractivity contribution in [2.75, 3.05) is 25.0 Å². The molecule has 3 aromatic rings. The van der Waals surface area contributed by atoms with Gasteiger partial charge in [-0.15, -0.1) is 6.42 Å². The maximum Gasteiger partial charge on any atom is 0.416 e. The van der Waals surface area contributed by atoms with E-state index >= 15 is 0 Å². The highest BCUT2D eigenvalue weighted by molar-refractivity contribution is 5.92. The van der Waals surface area contributed by atoms with Gasteiger partial charge in [0.15, 0.2) is 0 Å². The molecule has 0 saturated carbocycles. The molecule has 3 aliphatic rings. The van der Waals surface area contributed by atoms with Crippen molar-refractivity contribution < 1.29 is 13.2 Å². The molecule has 3 fully saturated rings. The Labute approximate surface area is 207 Å². The second-order valence-corrected chi connectivity index (χ2v) is 9.90. The van der Waals surface area contributed by atoms with E-state index in [0.29, 0.717) is 28.1 Å². The lowest BCUT2D eigenvalue weighted by Crippen LogP contribution is -2.56. The molecule has 6 rings (SSSR count). The van der Waals surface area contributed by atoms with Gasteiger partial charge in [-0.2, -0.15) is 13.2 Å². The van der Waals surface area contributed by atoms with Crippen molar-refractivity contribution in [2.45, 2.75) is 57.8 Å². The third kappa shape index (κ3) is 3.94. The van der Waals surface area contributed by atoms with Gasteiger partial charge in [-0.3, -0.25) is 4.79 Å². The molecule has 2 aromatic heterocycles. The summed E-state index contributed by atoms with van der Waals surface area (Å²) in [4.78, 5) is 25.0. The van der Waals surface area contributed by atoms with Crippen LogP contribution in [0, 0.1) is 26.2 Å². The lowest BCUT2D eigenvalue weighted by atomic mass is 9.79. The summed E-state index contributed by atoms with van der Waals surface area (Å²) in [6.07, 6.45) is 5.76. The molecule has 0 amide bonds. The molecule has 9 heteroatoms. The average molecular weight is 496 g/mol. The van der Waals surface area contributed by atoms with Gasteiger partial charge in [0.1, 0.15) is 17.2 Å². The molecule has 1 aromatic carbocycles. The number of hydrogen-bond donors (Lipinski definition) is 1. The van der Waals surface area contributed by atoms with Crippen LogP contribution in [0.3, 0.4) is 0 Å². The third-order valence-corrected chi connectivity index (χ3v) is 7.82. The van der Waals surface area contributed by atoms with E-state index in [2.05, 4.69) is 26.1 Å². The number of piperidine rings is 3. The Kier molecular flexibility index (Phi) is 5.83. The molecule has 3 aliphatic heterocycles. The first-order valence-electron chi connectivity index (χ1n) is 12.1. The van der Waals surface area contributed by atoms with Crippen LogP contribution in [0.15, 0.2) is 29.2 Å². The Bertz CT molecular complexity index is 1430. The summed E-state index contributed by atoms with van der Waals surface area (Å²) in [5, 5.41) is 3.88. The van der Waals surface area contributed by atoms with Crippen LogP contribution in [0.1, 0.15) is 60.3 Å². The van der Waals surface area contributed by atoms with Crippen molar-refractivity contribution in [1.29, 1.82) is 0 Å². The van der Waals surface area contributed by atoms with Gasteiger partial charge < -0.3 is 14.8 Å². The summed E-state index contributed by atoms with van der Waals surface area (Å²) >= 11 is 0. The molecule has 188 valence electrons. The minimum absolute atomic E-state index is 0.161. The molecule has 0 radical (unpaired) electrons. The van der Waals surface area contributed by atoms with Crippen LogP contribution in [0.2, 0.25) is 0 Å². The van der Waals surface area contributed by atoms with E-state index in [-0.39, 0.29) is 22.2 Å². The molecule has 0 aliphatic carbocycles. The van der Waals surface area contributed by atoms with Gasteiger partial charge in [-0.05, 0) is 57.2 Å². The number of rotatable bonds is 4. The molecule has 0 unspecified atom stereocenters. The van der Waals surface area contributed by atoms with Crippen LogP contribution in [0.25, 0.3) is 10.9 Å². The monoisotopic (exact) mass is 495 g/mol. The van der Waals surface area contributed by atoms with Crippen molar-refractivity contribution >= 4 is 16.7 Å². The van der Waals surface area contributed by atoms with Crippen molar-refractivity contribution in [3.63, 3.8) is 0 Å². The van der Waals surface area contributed by atoms with Gasteiger partial charge in [0.05, 0.1) is 28.0 Å². The Balaban J connectivity index is 1.64. The Hall–Kier alpha value is -3.38. The fraction of sp³-hybridized carbons (Fsp3) is 0.444. The molecular formula is C27H28F3N5O. The van der Waals surface area contributed by atoms with E-state index in [1.54, 1.807) is 30.7 Å². The lowest BCUT2D eigenvalue weighted by molar-refractivity contribution is -0.138. The Morgan fingerprint density at radius 1 is 1.14 bits per heavy atom. The zero-order valence-corrected chi connectivity index (χ0v) is 20.5. The SMILES string of the molecule is C#Cc1c(=O)n(C23CCN(CC2)CC3)cc2c(N[C@H](C)c3cccc(C(F)(F)F)c3C)nc(C)nc12. The van der Waals surface area contributed by atoms with E-state index in [1.165, 1.54) is 13.0 Å². The van der Waals surface area contributed by atoms with Crippen LogP contribution in [0.5, 0.6) is 0 Å². The number of halogens is 3. The van der Waals surface area contributed by atoms with E-state index in [1.807, 2.05) is 0 Å². The van der Waals surface area contributed by atoms with E-state index in [0.717, 1.165) is 45.0 Å². The summed E-state index contributed by atoms with van der Waals surface area (Å²) in [5.74, 6) is 3.41. The van der Waals surface area contributed by atoms with Gasteiger partial charge in [-0.25, -0.2) is 9.97 Å². The summed E-state index contributed by atoms with van der Waals surface area (Å²) in [5.41, 5.74) is 0.0383. The van der Waals surface area contributed by atoms with Gasteiger partial charge in [0, 0.05) is 25.8 Å². The zero-order valence-electron chi connectivity index (χ0n) is 20.5. The van der Waals surface area contributed by atoms with Crippen LogP contribution in [-0.2, 0) is 11.7 Å². The third-order valence-electron chi connectivity index (χ3n) is 7.82. The van der Waals surface area contributed by atoms with Gasteiger partial charge >= 0.3 is 6.18 Å². The molecule has 6 nitrogen and oxygen atoms in total. The normalized spacial score (nSPS) is 22.4. The smallest absolute Gasteiger partial charge is 0.363 e. The van der Waals surface area contributed by atoms with Gasteiger partial charge in [-0.1, -0.05) is 18.1 Å². The van der Waals surface area contributed by atoms with Crippen molar-refractivity contribution in [3.8, 4) is 12.3 Å². The highest BCUT2D eigenvalue weighted by atomic mass is 19.4. The Morgan fingerprint density at radius 3 is 2.42 bits per heavy atom.